The van der Waals surface area contributed by atoms with Crippen LogP contribution in [0, 0.1) is 0 Å². The number of hydrogen-bond acceptors (Lipinski definition) is 4. The molecule has 0 fully saturated rings. The van der Waals surface area contributed by atoms with E-state index in [0.717, 1.165) is 11.3 Å². The third-order valence-corrected chi connectivity index (χ3v) is 3.36. The zero-order valence-corrected chi connectivity index (χ0v) is 13.4. The summed E-state index contributed by atoms with van der Waals surface area (Å²) in [5, 5.41) is 0. The highest BCUT2D eigenvalue weighted by atomic mass is 35.5. The molecule has 0 spiro atoms. The summed E-state index contributed by atoms with van der Waals surface area (Å²) in [6.45, 7) is 6.57. The Hall–Kier alpha value is -1.75. The van der Waals surface area contributed by atoms with Gasteiger partial charge < -0.3 is 14.0 Å². The predicted molar refractivity (Wildman–Crippen MR) is 82.1 cm³/mol. The quantitative estimate of drug-likeness (QED) is 0.627. The highest BCUT2D eigenvalue weighted by Crippen LogP contribution is 2.30. The number of aryl methyl sites for hydroxylation is 1. The monoisotopic (exact) mass is 310 g/mol. The minimum absolute atomic E-state index is 0.0210. The number of esters is 1. The van der Waals surface area contributed by atoms with Crippen LogP contribution in [0.3, 0.4) is 0 Å². The van der Waals surface area contributed by atoms with Crippen molar-refractivity contribution >= 4 is 28.6 Å². The number of benzene rings is 1. The summed E-state index contributed by atoms with van der Waals surface area (Å²) < 4.78 is 12.6. The molecular weight excluding hydrogens is 292 g/mol. The first kappa shape index (κ1) is 15.6. The molecule has 5 nitrogen and oxygen atoms in total. The summed E-state index contributed by atoms with van der Waals surface area (Å²) in [5.74, 6) is 1.23. The maximum absolute atomic E-state index is 11.8. The molecule has 0 saturated heterocycles. The number of rotatable bonds is 5. The second kappa shape index (κ2) is 6.35. The summed E-state index contributed by atoms with van der Waals surface area (Å²) >= 11 is 5.95. The normalized spacial score (nSPS) is 11.1. The van der Waals surface area contributed by atoms with E-state index in [9.17, 15) is 4.79 Å². The average Bonchev–Trinajstić information content (AvgIpc) is 2.83. The molecule has 1 aromatic heterocycles. The summed E-state index contributed by atoms with van der Waals surface area (Å²) in [7, 11) is 1.36. The van der Waals surface area contributed by atoms with Crippen molar-refractivity contribution in [3.8, 4) is 5.75 Å². The first-order valence-electron chi connectivity index (χ1n) is 6.85. The Morgan fingerprint density at radius 1 is 1.43 bits per heavy atom. The minimum Gasteiger partial charge on any atom is -0.489 e. The van der Waals surface area contributed by atoms with Gasteiger partial charge in [-0.1, -0.05) is 0 Å². The fraction of sp³-hybridized carbons (Fsp3) is 0.467. The van der Waals surface area contributed by atoms with Gasteiger partial charge in [0.1, 0.15) is 17.1 Å². The van der Waals surface area contributed by atoms with Crippen LogP contribution in [0.2, 0.25) is 0 Å². The fourth-order valence-electron chi connectivity index (χ4n) is 2.27. The number of nitrogens with zero attached hydrogens (tertiary/aromatic N) is 2. The van der Waals surface area contributed by atoms with Crippen molar-refractivity contribution in [3.63, 3.8) is 0 Å². The van der Waals surface area contributed by atoms with E-state index in [-0.39, 0.29) is 6.10 Å². The summed E-state index contributed by atoms with van der Waals surface area (Å²) in [6.07, 6.45) is -0.0210. The predicted octanol–water partition coefficient (Wildman–Crippen LogP) is 3.37. The Labute approximate surface area is 128 Å². The van der Waals surface area contributed by atoms with Gasteiger partial charge >= 0.3 is 5.97 Å². The van der Waals surface area contributed by atoms with Gasteiger partial charge in [0.15, 0.2) is 0 Å². The Morgan fingerprint density at radius 3 is 2.67 bits per heavy atom. The van der Waals surface area contributed by atoms with Crippen LogP contribution in [0.5, 0.6) is 5.75 Å². The molecule has 0 N–H and O–H groups in total. The van der Waals surface area contributed by atoms with Crippen molar-refractivity contribution in [1.29, 1.82) is 0 Å². The molecule has 0 bridgehead atoms. The van der Waals surface area contributed by atoms with Gasteiger partial charge in [-0.05, 0) is 32.9 Å². The summed E-state index contributed by atoms with van der Waals surface area (Å²) in [5.41, 5.74) is 1.98. The molecular formula is C15H19ClN2O3. The van der Waals surface area contributed by atoms with Crippen molar-refractivity contribution in [3.05, 3.63) is 23.5 Å². The molecule has 0 aliphatic rings. The van der Waals surface area contributed by atoms with Gasteiger partial charge in [-0.3, -0.25) is 0 Å². The Morgan fingerprint density at radius 2 is 2.14 bits per heavy atom. The number of alkyl halides is 1. The Balaban J connectivity index is 2.72. The molecule has 1 heterocycles. The molecule has 6 heteroatoms. The topological polar surface area (TPSA) is 53.4 Å². The van der Waals surface area contributed by atoms with Crippen LogP contribution in [0.1, 0.15) is 37.0 Å². The van der Waals surface area contributed by atoms with Crippen LogP contribution in [-0.4, -0.2) is 28.7 Å². The number of carbonyl (C=O) groups excluding carboxylic acids is 1. The Kier molecular flexibility index (Phi) is 4.73. The molecule has 0 radical (unpaired) electrons. The SMILES string of the molecule is CCn1c(CCl)nc2c(OC(C)C)cc(C(=O)OC)cc21. The second-order valence-electron chi connectivity index (χ2n) is 4.91. The molecule has 0 aliphatic heterocycles. The number of imidazole rings is 1. The average molecular weight is 311 g/mol. The van der Waals surface area contributed by atoms with E-state index < -0.39 is 5.97 Å². The van der Waals surface area contributed by atoms with E-state index in [4.69, 9.17) is 21.1 Å². The number of halogens is 1. The molecule has 0 unspecified atom stereocenters. The van der Waals surface area contributed by atoms with Gasteiger partial charge in [0, 0.05) is 6.54 Å². The number of methoxy groups -OCH3 is 1. The molecule has 2 aromatic rings. The highest BCUT2D eigenvalue weighted by Gasteiger charge is 2.18. The van der Waals surface area contributed by atoms with E-state index in [0.29, 0.717) is 29.3 Å². The van der Waals surface area contributed by atoms with Crippen LogP contribution in [-0.2, 0) is 17.2 Å². The van der Waals surface area contributed by atoms with Gasteiger partial charge in [0.05, 0.1) is 30.2 Å². The fourth-order valence-corrected chi connectivity index (χ4v) is 2.48. The van der Waals surface area contributed by atoms with Crippen molar-refractivity contribution in [2.24, 2.45) is 0 Å². The van der Waals surface area contributed by atoms with E-state index in [1.807, 2.05) is 25.3 Å². The first-order valence-corrected chi connectivity index (χ1v) is 7.39. The Bertz CT molecular complexity index is 664. The van der Waals surface area contributed by atoms with Crippen molar-refractivity contribution in [2.75, 3.05) is 7.11 Å². The smallest absolute Gasteiger partial charge is 0.338 e. The van der Waals surface area contributed by atoms with Crippen molar-refractivity contribution in [1.82, 2.24) is 9.55 Å². The molecule has 114 valence electrons. The lowest BCUT2D eigenvalue weighted by molar-refractivity contribution is 0.0600. The third-order valence-electron chi connectivity index (χ3n) is 3.12. The van der Waals surface area contributed by atoms with Gasteiger partial charge in [0.2, 0.25) is 0 Å². The van der Waals surface area contributed by atoms with Crippen molar-refractivity contribution in [2.45, 2.75) is 39.3 Å². The molecule has 0 atom stereocenters. The second-order valence-corrected chi connectivity index (χ2v) is 5.17. The van der Waals surface area contributed by atoms with Gasteiger partial charge in [0.25, 0.3) is 0 Å². The van der Waals surface area contributed by atoms with E-state index in [1.54, 1.807) is 12.1 Å². The maximum atomic E-state index is 11.8. The summed E-state index contributed by atoms with van der Waals surface area (Å²) in [6, 6.07) is 3.43. The summed E-state index contributed by atoms with van der Waals surface area (Å²) in [4.78, 5) is 16.4. The standard InChI is InChI=1S/C15H19ClN2O3/c1-5-18-11-6-10(15(19)20-4)7-12(21-9(2)3)14(11)17-13(18)8-16/h6-7,9H,5,8H2,1-4H3. The van der Waals surface area contributed by atoms with Crippen LogP contribution in [0.25, 0.3) is 11.0 Å². The third kappa shape index (κ3) is 2.97. The van der Waals surface area contributed by atoms with E-state index in [1.165, 1.54) is 7.11 Å². The number of carbonyl (C=O) groups is 1. The zero-order valence-electron chi connectivity index (χ0n) is 12.6. The number of ether oxygens (including phenoxy) is 2. The van der Waals surface area contributed by atoms with Gasteiger partial charge in [-0.15, -0.1) is 11.6 Å². The van der Waals surface area contributed by atoms with Gasteiger partial charge in [-0.2, -0.15) is 0 Å². The van der Waals surface area contributed by atoms with E-state index in [2.05, 4.69) is 4.98 Å². The van der Waals surface area contributed by atoms with E-state index >= 15 is 0 Å². The van der Waals surface area contributed by atoms with Crippen molar-refractivity contribution < 1.29 is 14.3 Å². The molecule has 2 rings (SSSR count). The molecule has 21 heavy (non-hydrogen) atoms. The molecule has 0 saturated carbocycles. The van der Waals surface area contributed by atoms with Crippen LogP contribution < -0.4 is 4.74 Å². The minimum atomic E-state index is -0.401. The maximum Gasteiger partial charge on any atom is 0.338 e. The molecule has 0 aliphatic carbocycles. The molecule has 1 aromatic carbocycles. The number of aromatic nitrogens is 2. The van der Waals surface area contributed by atoms with Crippen LogP contribution in [0.4, 0.5) is 0 Å². The largest absolute Gasteiger partial charge is 0.489 e. The molecule has 0 amide bonds. The van der Waals surface area contributed by atoms with Crippen LogP contribution in [0.15, 0.2) is 12.1 Å². The lowest BCUT2D eigenvalue weighted by Gasteiger charge is -2.12. The van der Waals surface area contributed by atoms with Gasteiger partial charge in [-0.25, -0.2) is 9.78 Å². The lowest BCUT2D eigenvalue weighted by Crippen LogP contribution is -2.08. The highest BCUT2D eigenvalue weighted by molar-refractivity contribution is 6.17. The number of fused-ring (bicyclic) bond motifs is 1. The first-order chi connectivity index (χ1) is 10.0. The zero-order chi connectivity index (χ0) is 15.6. The lowest BCUT2D eigenvalue weighted by atomic mass is 10.2. The number of hydrogen-bond donors (Lipinski definition) is 0. The van der Waals surface area contributed by atoms with Crippen LogP contribution >= 0.6 is 11.6 Å².